The molecule has 0 aliphatic carbocycles. The Balaban J connectivity index is 1.62. The summed E-state index contributed by atoms with van der Waals surface area (Å²) in [5.41, 5.74) is 4.46. The van der Waals surface area contributed by atoms with Crippen molar-refractivity contribution < 1.29 is 4.52 Å². The van der Waals surface area contributed by atoms with Crippen LogP contribution in [0.5, 0.6) is 0 Å². The van der Waals surface area contributed by atoms with Gasteiger partial charge in [-0.15, -0.1) is 10.2 Å². The summed E-state index contributed by atoms with van der Waals surface area (Å²) in [4.78, 5) is 0. The zero-order valence-corrected chi connectivity index (χ0v) is 14.2. The maximum Gasteiger partial charge on any atom is 0.210 e. The van der Waals surface area contributed by atoms with E-state index >= 15 is 0 Å². The Kier molecular flexibility index (Phi) is 4.44. The normalized spacial score (nSPS) is 10.9. The predicted octanol–water partition coefficient (Wildman–Crippen LogP) is 4.49. The van der Waals surface area contributed by atoms with Crippen LogP contribution in [0, 0.1) is 20.8 Å². The molecule has 0 bridgehead atoms. The van der Waals surface area contributed by atoms with Crippen LogP contribution in [0.3, 0.4) is 0 Å². The van der Waals surface area contributed by atoms with Crippen molar-refractivity contribution in [3.05, 3.63) is 46.8 Å². The lowest BCUT2D eigenvalue weighted by atomic mass is 10.1. The molecule has 5 nitrogen and oxygen atoms in total. The van der Waals surface area contributed by atoms with Gasteiger partial charge in [-0.25, -0.2) is 0 Å². The molecule has 7 heteroatoms. The van der Waals surface area contributed by atoms with E-state index in [2.05, 4.69) is 46.7 Å². The number of rotatable bonds is 5. The van der Waals surface area contributed by atoms with Crippen LogP contribution in [0.2, 0.25) is 0 Å². The minimum atomic E-state index is 0.707. The first-order valence-corrected chi connectivity index (χ1v) is 8.63. The summed E-state index contributed by atoms with van der Waals surface area (Å²) in [6, 6.07) is 8.19. The van der Waals surface area contributed by atoms with Crippen molar-refractivity contribution in [3.63, 3.8) is 0 Å². The molecular weight excluding hydrogens is 316 g/mol. The molecule has 0 unspecified atom stereocenters. The number of hydrogen-bond acceptors (Lipinski definition) is 7. The fourth-order valence-electron chi connectivity index (χ4n) is 1.88. The summed E-state index contributed by atoms with van der Waals surface area (Å²) in [5.74, 6) is 1.56. The molecule has 2 heterocycles. The highest BCUT2D eigenvalue weighted by Gasteiger charge is 2.08. The third-order valence-corrected chi connectivity index (χ3v) is 5.17. The molecule has 0 fully saturated rings. The second-order valence-electron chi connectivity index (χ2n) is 5.02. The summed E-state index contributed by atoms with van der Waals surface area (Å²) < 4.78 is 6.09. The number of thioether (sulfide) groups is 1. The minimum Gasteiger partial charge on any atom is -0.360 e. The van der Waals surface area contributed by atoms with Gasteiger partial charge in [0.2, 0.25) is 5.13 Å². The van der Waals surface area contributed by atoms with E-state index in [-0.39, 0.29) is 0 Å². The molecule has 0 spiro atoms. The molecule has 0 saturated carbocycles. The first-order chi connectivity index (χ1) is 10.6. The van der Waals surface area contributed by atoms with Crippen LogP contribution < -0.4 is 5.32 Å². The maximum absolute atomic E-state index is 5.18. The van der Waals surface area contributed by atoms with Gasteiger partial charge in [0.15, 0.2) is 4.34 Å². The third-order valence-electron chi connectivity index (χ3n) is 3.18. The highest BCUT2D eigenvalue weighted by atomic mass is 32.2. The molecule has 0 radical (unpaired) electrons. The largest absolute Gasteiger partial charge is 0.360 e. The Hall–Kier alpha value is -1.86. The van der Waals surface area contributed by atoms with E-state index in [0.717, 1.165) is 26.6 Å². The lowest BCUT2D eigenvalue weighted by molar-refractivity contribution is 0.391. The minimum absolute atomic E-state index is 0.707. The molecule has 114 valence electrons. The number of nitrogens with one attached hydrogen (secondary N) is 1. The van der Waals surface area contributed by atoms with Crippen molar-refractivity contribution >= 4 is 33.9 Å². The van der Waals surface area contributed by atoms with Gasteiger partial charge in [-0.05, 0) is 44.0 Å². The zero-order chi connectivity index (χ0) is 15.5. The van der Waals surface area contributed by atoms with Crippen LogP contribution in [0.15, 0.2) is 33.1 Å². The molecule has 3 rings (SSSR count). The van der Waals surface area contributed by atoms with Crippen molar-refractivity contribution in [2.75, 3.05) is 5.32 Å². The molecule has 0 aliphatic rings. The maximum atomic E-state index is 5.18. The molecular formula is C15H16N4OS2. The summed E-state index contributed by atoms with van der Waals surface area (Å²) >= 11 is 3.13. The third kappa shape index (κ3) is 3.66. The van der Waals surface area contributed by atoms with Crippen molar-refractivity contribution in [1.82, 2.24) is 15.4 Å². The van der Waals surface area contributed by atoms with Crippen LogP contribution in [0.4, 0.5) is 10.8 Å². The Morgan fingerprint density at radius 1 is 1.14 bits per heavy atom. The van der Waals surface area contributed by atoms with E-state index in [1.54, 1.807) is 11.8 Å². The molecule has 2 aromatic heterocycles. The van der Waals surface area contributed by atoms with Crippen molar-refractivity contribution in [2.45, 2.75) is 30.9 Å². The number of hydrogen-bond donors (Lipinski definition) is 1. The van der Waals surface area contributed by atoms with E-state index in [9.17, 15) is 0 Å². The second-order valence-corrected chi connectivity index (χ2v) is 7.22. The van der Waals surface area contributed by atoms with Gasteiger partial charge in [-0.2, -0.15) is 0 Å². The van der Waals surface area contributed by atoms with Gasteiger partial charge in [0.25, 0.3) is 0 Å². The fourth-order valence-corrected chi connectivity index (χ4v) is 3.53. The van der Waals surface area contributed by atoms with E-state index < -0.39 is 0 Å². The number of anilines is 2. The van der Waals surface area contributed by atoms with Crippen LogP contribution in [0.1, 0.15) is 22.6 Å². The Morgan fingerprint density at radius 2 is 2.00 bits per heavy atom. The Labute approximate surface area is 137 Å². The quantitative estimate of drug-likeness (QED) is 0.695. The van der Waals surface area contributed by atoms with Gasteiger partial charge in [0.1, 0.15) is 5.76 Å². The Bertz CT molecular complexity index is 781. The van der Waals surface area contributed by atoms with E-state index in [1.807, 2.05) is 19.1 Å². The van der Waals surface area contributed by atoms with Crippen molar-refractivity contribution in [1.29, 1.82) is 0 Å². The van der Waals surface area contributed by atoms with E-state index in [1.165, 1.54) is 22.5 Å². The van der Waals surface area contributed by atoms with Gasteiger partial charge >= 0.3 is 0 Å². The van der Waals surface area contributed by atoms with Gasteiger partial charge in [-0.1, -0.05) is 34.3 Å². The molecule has 0 saturated heterocycles. The summed E-state index contributed by atoms with van der Waals surface area (Å²) in [6.45, 7) is 6.11. The topological polar surface area (TPSA) is 63.8 Å². The summed E-state index contributed by atoms with van der Waals surface area (Å²) in [5, 5.41) is 16.3. The molecule has 1 aromatic carbocycles. The van der Waals surface area contributed by atoms with Crippen LogP contribution >= 0.6 is 23.1 Å². The zero-order valence-electron chi connectivity index (χ0n) is 12.6. The first kappa shape index (κ1) is 15.1. The highest BCUT2D eigenvalue weighted by Crippen LogP contribution is 2.30. The molecule has 22 heavy (non-hydrogen) atoms. The molecule has 0 aliphatic heterocycles. The van der Waals surface area contributed by atoms with Gasteiger partial charge in [-0.3, -0.25) is 0 Å². The van der Waals surface area contributed by atoms with E-state index in [4.69, 9.17) is 4.52 Å². The smallest absolute Gasteiger partial charge is 0.210 e. The van der Waals surface area contributed by atoms with Crippen LogP contribution in [0.25, 0.3) is 0 Å². The number of aromatic nitrogens is 3. The van der Waals surface area contributed by atoms with Crippen molar-refractivity contribution in [2.24, 2.45) is 0 Å². The lowest BCUT2D eigenvalue weighted by Gasteiger charge is -2.05. The Morgan fingerprint density at radius 3 is 2.73 bits per heavy atom. The second kappa shape index (κ2) is 6.50. The average molecular weight is 332 g/mol. The molecule has 1 N–H and O–H groups in total. The monoisotopic (exact) mass is 332 g/mol. The van der Waals surface area contributed by atoms with Gasteiger partial charge < -0.3 is 9.84 Å². The lowest BCUT2D eigenvalue weighted by Crippen LogP contribution is -1.91. The SMILES string of the molecule is Cc1cc(CSc2nnc(Nc3ccc(C)c(C)c3)s2)on1. The number of nitrogens with zero attached hydrogens (tertiary/aromatic N) is 3. The first-order valence-electron chi connectivity index (χ1n) is 6.83. The van der Waals surface area contributed by atoms with Crippen LogP contribution in [-0.2, 0) is 5.75 Å². The summed E-state index contributed by atoms with van der Waals surface area (Å²) in [6.07, 6.45) is 0. The molecule has 3 aromatic rings. The van der Waals surface area contributed by atoms with E-state index in [0.29, 0.717) is 5.75 Å². The summed E-state index contributed by atoms with van der Waals surface area (Å²) in [7, 11) is 0. The standard InChI is InChI=1S/C15H16N4OS2/c1-9-4-5-12(6-10(9)2)16-14-17-18-15(22-14)21-8-13-7-11(3)19-20-13/h4-7H,8H2,1-3H3,(H,16,17). The van der Waals surface area contributed by atoms with Crippen molar-refractivity contribution in [3.8, 4) is 0 Å². The molecule has 0 amide bonds. The number of benzene rings is 1. The molecule has 0 atom stereocenters. The predicted molar refractivity (Wildman–Crippen MR) is 89.9 cm³/mol. The fraction of sp³-hybridized carbons (Fsp3) is 0.267. The van der Waals surface area contributed by atoms with Gasteiger partial charge in [0.05, 0.1) is 11.4 Å². The number of aryl methyl sites for hydroxylation is 3. The van der Waals surface area contributed by atoms with Gasteiger partial charge in [0, 0.05) is 11.8 Å². The van der Waals surface area contributed by atoms with Crippen LogP contribution in [-0.4, -0.2) is 15.4 Å². The highest BCUT2D eigenvalue weighted by molar-refractivity contribution is 8.00. The average Bonchev–Trinajstić information content (AvgIpc) is 3.10.